The van der Waals surface area contributed by atoms with Gasteiger partial charge in [0.15, 0.2) is 0 Å². The van der Waals surface area contributed by atoms with Gasteiger partial charge in [-0.25, -0.2) is 8.42 Å². The van der Waals surface area contributed by atoms with Crippen molar-refractivity contribution >= 4 is 15.6 Å². The summed E-state index contributed by atoms with van der Waals surface area (Å²) in [6.07, 6.45) is 2.49. The number of hydrogen-bond acceptors (Lipinski definition) is 5. The summed E-state index contributed by atoms with van der Waals surface area (Å²) in [7, 11) is 1.22. The fourth-order valence-corrected chi connectivity index (χ4v) is 5.23. The van der Waals surface area contributed by atoms with Crippen LogP contribution in [0.25, 0.3) is 5.57 Å². The molecule has 1 heterocycles. The first-order valence-corrected chi connectivity index (χ1v) is 10.8. The molecule has 0 radical (unpaired) electrons. The summed E-state index contributed by atoms with van der Waals surface area (Å²) < 4.78 is 44.2. The summed E-state index contributed by atoms with van der Waals surface area (Å²) in [6, 6.07) is 9.11. The van der Waals surface area contributed by atoms with Gasteiger partial charge in [0.2, 0.25) is 10.0 Å². The third-order valence-corrected chi connectivity index (χ3v) is 7.18. The molecule has 0 saturated carbocycles. The molecule has 0 fully saturated rings. The van der Waals surface area contributed by atoms with Crippen LogP contribution in [0.5, 0.6) is 17.2 Å². The molecule has 156 valence electrons. The van der Waals surface area contributed by atoms with Gasteiger partial charge in [-0.1, -0.05) is 18.2 Å². The van der Waals surface area contributed by atoms with Crippen molar-refractivity contribution in [3.8, 4) is 17.2 Å². The SMILES string of the molecule is COc1cc(OC)c(C2=CCN(S(=O)(=O)c3cc(C)ccc3C)CC2)c(OC)c1. The van der Waals surface area contributed by atoms with E-state index in [0.29, 0.717) is 41.7 Å². The van der Waals surface area contributed by atoms with Crippen LogP contribution in [0, 0.1) is 13.8 Å². The molecule has 0 saturated heterocycles. The molecule has 0 amide bonds. The lowest BCUT2D eigenvalue weighted by Gasteiger charge is -2.28. The first kappa shape index (κ1) is 21.2. The van der Waals surface area contributed by atoms with E-state index in [9.17, 15) is 8.42 Å². The molecule has 0 spiro atoms. The van der Waals surface area contributed by atoms with Gasteiger partial charge < -0.3 is 14.2 Å². The van der Waals surface area contributed by atoms with Gasteiger partial charge in [0, 0.05) is 25.2 Å². The molecule has 0 aliphatic carbocycles. The number of ether oxygens (including phenoxy) is 3. The van der Waals surface area contributed by atoms with Crippen LogP contribution in [-0.4, -0.2) is 47.1 Å². The predicted molar refractivity (Wildman–Crippen MR) is 113 cm³/mol. The Balaban J connectivity index is 1.95. The molecule has 2 aromatic rings. The van der Waals surface area contributed by atoms with E-state index in [1.54, 1.807) is 39.5 Å². The average Bonchev–Trinajstić information content (AvgIpc) is 2.74. The van der Waals surface area contributed by atoms with Crippen LogP contribution in [0.2, 0.25) is 0 Å². The van der Waals surface area contributed by atoms with Gasteiger partial charge in [0.05, 0.1) is 31.8 Å². The molecule has 29 heavy (non-hydrogen) atoms. The van der Waals surface area contributed by atoms with E-state index >= 15 is 0 Å². The Morgan fingerprint density at radius 1 is 0.931 bits per heavy atom. The Kier molecular flexibility index (Phi) is 6.19. The molecule has 1 aliphatic rings. The smallest absolute Gasteiger partial charge is 0.243 e. The molecule has 3 rings (SSSR count). The fourth-order valence-electron chi connectivity index (χ4n) is 3.54. The van der Waals surface area contributed by atoms with Crippen molar-refractivity contribution in [2.24, 2.45) is 0 Å². The third kappa shape index (κ3) is 4.11. The number of nitrogens with zero attached hydrogens (tertiary/aromatic N) is 1. The highest BCUT2D eigenvalue weighted by Crippen LogP contribution is 2.41. The van der Waals surface area contributed by atoms with E-state index in [1.807, 2.05) is 32.1 Å². The Labute approximate surface area is 172 Å². The summed E-state index contributed by atoms with van der Waals surface area (Å²) in [5.41, 5.74) is 3.51. The van der Waals surface area contributed by atoms with Crippen LogP contribution in [0.1, 0.15) is 23.1 Å². The van der Waals surface area contributed by atoms with Crippen molar-refractivity contribution in [1.29, 1.82) is 0 Å². The number of aryl methyl sites for hydroxylation is 2. The van der Waals surface area contributed by atoms with Crippen LogP contribution >= 0.6 is 0 Å². The van der Waals surface area contributed by atoms with Gasteiger partial charge in [0.1, 0.15) is 17.2 Å². The van der Waals surface area contributed by atoms with Crippen LogP contribution in [0.4, 0.5) is 0 Å². The molecule has 0 atom stereocenters. The Bertz CT molecular complexity index is 1020. The molecule has 1 aliphatic heterocycles. The lowest BCUT2D eigenvalue weighted by molar-refractivity contribution is 0.372. The molecular formula is C22H27NO5S. The highest BCUT2D eigenvalue weighted by atomic mass is 32.2. The van der Waals surface area contributed by atoms with Crippen molar-refractivity contribution < 1.29 is 22.6 Å². The average molecular weight is 418 g/mol. The van der Waals surface area contributed by atoms with E-state index in [0.717, 1.165) is 22.3 Å². The second-order valence-electron chi connectivity index (χ2n) is 7.02. The minimum Gasteiger partial charge on any atom is -0.496 e. The van der Waals surface area contributed by atoms with Crippen molar-refractivity contribution in [2.75, 3.05) is 34.4 Å². The van der Waals surface area contributed by atoms with Crippen molar-refractivity contribution in [2.45, 2.75) is 25.2 Å². The normalized spacial score (nSPS) is 15.0. The topological polar surface area (TPSA) is 65.1 Å². The Morgan fingerprint density at radius 2 is 1.59 bits per heavy atom. The van der Waals surface area contributed by atoms with Crippen molar-refractivity contribution in [3.63, 3.8) is 0 Å². The molecule has 2 aromatic carbocycles. The first-order chi connectivity index (χ1) is 13.8. The summed E-state index contributed by atoms with van der Waals surface area (Å²) in [4.78, 5) is 0.369. The van der Waals surface area contributed by atoms with Gasteiger partial charge in [0.25, 0.3) is 0 Å². The summed E-state index contributed by atoms with van der Waals surface area (Å²) >= 11 is 0. The minimum atomic E-state index is -3.56. The lowest BCUT2D eigenvalue weighted by atomic mass is 9.98. The van der Waals surface area contributed by atoms with Crippen LogP contribution in [0.15, 0.2) is 41.3 Å². The highest BCUT2D eigenvalue weighted by molar-refractivity contribution is 7.89. The van der Waals surface area contributed by atoms with E-state index in [2.05, 4.69) is 0 Å². The van der Waals surface area contributed by atoms with Crippen LogP contribution in [0.3, 0.4) is 0 Å². The monoisotopic (exact) mass is 417 g/mol. The molecule has 0 unspecified atom stereocenters. The summed E-state index contributed by atoms with van der Waals surface area (Å²) in [6.45, 7) is 4.41. The maximum Gasteiger partial charge on any atom is 0.243 e. The lowest BCUT2D eigenvalue weighted by Crippen LogP contribution is -2.35. The van der Waals surface area contributed by atoms with E-state index in [-0.39, 0.29) is 0 Å². The van der Waals surface area contributed by atoms with Gasteiger partial charge in [-0.15, -0.1) is 0 Å². The largest absolute Gasteiger partial charge is 0.496 e. The van der Waals surface area contributed by atoms with Gasteiger partial charge in [-0.05, 0) is 43.0 Å². The summed E-state index contributed by atoms with van der Waals surface area (Å²) in [5.74, 6) is 1.91. The molecule has 0 N–H and O–H groups in total. The van der Waals surface area contributed by atoms with Crippen molar-refractivity contribution in [3.05, 3.63) is 53.1 Å². The highest BCUT2D eigenvalue weighted by Gasteiger charge is 2.29. The zero-order chi connectivity index (χ0) is 21.2. The standard InChI is InChI=1S/C22H27NO5S/c1-15-6-7-16(2)21(12-15)29(24,25)23-10-8-17(9-11-23)22-19(27-4)13-18(26-3)14-20(22)28-5/h6-8,12-14H,9-11H2,1-5H3. The molecule has 0 bridgehead atoms. The van der Waals surface area contributed by atoms with Gasteiger partial charge in [-0.3, -0.25) is 0 Å². The maximum atomic E-state index is 13.2. The van der Waals surface area contributed by atoms with E-state index < -0.39 is 10.0 Å². The number of hydrogen-bond donors (Lipinski definition) is 0. The van der Waals surface area contributed by atoms with Gasteiger partial charge >= 0.3 is 0 Å². The second-order valence-corrected chi connectivity index (χ2v) is 8.92. The Morgan fingerprint density at radius 3 is 2.10 bits per heavy atom. The second kappa shape index (κ2) is 8.47. The number of rotatable bonds is 6. The van der Waals surface area contributed by atoms with Crippen LogP contribution in [-0.2, 0) is 10.0 Å². The number of sulfonamides is 1. The van der Waals surface area contributed by atoms with E-state index in [4.69, 9.17) is 14.2 Å². The first-order valence-electron chi connectivity index (χ1n) is 9.38. The summed E-state index contributed by atoms with van der Waals surface area (Å²) in [5, 5.41) is 0. The predicted octanol–water partition coefficient (Wildman–Crippen LogP) is 3.81. The zero-order valence-corrected chi connectivity index (χ0v) is 18.3. The minimum absolute atomic E-state index is 0.295. The Hall–Kier alpha value is -2.51. The van der Waals surface area contributed by atoms with Crippen molar-refractivity contribution in [1.82, 2.24) is 4.31 Å². The third-order valence-electron chi connectivity index (χ3n) is 5.17. The number of benzene rings is 2. The number of methoxy groups -OCH3 is 3. The van der Waals surface area contributed by atoms with Gasteiger partial charge in [-0.2, -0.15) is 4.31 Å². The zero-order valence-electron chi connectivity index (χ0n) is 17.5. The maximum absolute atomic E-state index is 13.2. The van der Waals surface area contributed by atoms with Crippen LogP contribution < -0.4 is 14.2 Å². The molecule has 6 nitrogen and oxygen atoms in total. The molecule has 0 aromatic heterocycles. The quantitative estimate of drug-likeness (QED) is 0.715. The molecular weight excluding hydrogens is 390 g/mol. The molecule has 7 heteroatoms. The fraction of sp³-hybridized carbons (Fsp3) is 0.364. The van der Waals surface area contributed by atoms with E-state index in [1.165, 1.54) is 4.31 Å².